The molecular formula is C14H21N3O2. The second kappa shape index (κ2) is 6.89. The molecule has 0 spiro atoms. The van der Waals surface area contributed by atoms with Gasteiger partial charge in [-0.2, -0.15) is 0 Å². The van der Waals surface area contributed by atoms with Crippen molar-refractivity contribution >= 4 is 17.5 Å². The number of amides is 2. The summed E-state index contributed by atoms with van der Waals surface area (Å²) in [5.74, 6) is -0.425. The van der Waals surface area contributed by atoms with E-state index < -0.39 is 6.04 Å². The fourth-order valence-corrected chi connectivity index (χ4v) is 1.65. The maximum absolute atomic E-state index is 12.0. The zero-order valence-corrected chi connectivity index (χ0v) is 11.6. The first-order chi connectivity index (χ1) is 9.01. The van der Waals surface area contributed by atoms with E-state index in [9.17, 15) is 9.59 Å². The van der Waals surface area contributed by atoms with Crippen molar-refractivity contribution in [3.63, 3.8) is 0 Å². The highest BCUT2D eigenvalue weighted by atomic mass is 16.2. The standard InChI is InChI=1S/C14H21N3O2/c1-4-9(2)12(15)14(19)17-11-8-6-5-7-10(11)13(18)16-3/h5-9,12H,4,15H2,1-3H3,(H,16,18)(H,17,19)/t9-,12-/m0/s1. The molecule has 0 unspecified atom stereocenters. The third-order valence-electron chi connectivity index (χ3n) is 3.22. The third kappa shape index (κ3) is 3.79. The Kier molecular flexibility index (Phi) is 5.51. The minimum Gasteiger partial charge on any atom is -0.355 e. The lowest BCUT2D eigenvalue weighted by molar-refractivity contribution is -0.118. The van der Waals surface area contributed by atoms with Crippen LogP contribution in [0, 0.1) is 5.92 Å². The molecule has 0 fully saturated rings. The molecule has 104 valence electrons. The van der Waals surface area contributed by atoms with E-state index in [4.69, 9.17) is 5.73 Å². The Morgan fingerprint density at radius 1 is 1.32 bits per heavy atom. The van der Waals surface area contributed by atoms with Crippen LogP contribution in [0.25, 0.3) is 0 Å². The van der Waals surface area contributed by atoms with E-state index in [2.05, 4.69) is 10.6 Å². The predicted molar refractivity (Wildman–Crippen MR) is 75.9 cm³/mol. The summed E-state index contributed by atoms with van der Waals surface area (Å²) in [7, 11) is 1.55. The zero-order chi connectivity index (χ0) is 14.4. The molecule has 19 heavy (non-hydrogen) atoms. The van der Waals surface area contributed by atoms with Gasteiger partial charge in [0.2, 0.25) is 5.91 Å². The number of carbonyl (C=O) groups is 2. The number of nitrogens with two attached hydrogens (primary N) is 1. The van der Waals surface area contributed by atoms with Gasteiger partial charge < -0.3 is 16.4 Å². The molecule has 2 amide bonds. The van der Waals surface area contributed by atoms with Crippen molar-refractivity contribution in [3.8, 4) is 0 Å². The molecule has 0 aromatic heterocycles. The van der Waals surface area contributed by atoms with Crippen molar-refractivity contribution in [1.82, 2.24) is 5.32 Å². The van der Waals surface area contributed by atoms with Gasteiger partial charge >= 0.3 is 0 Å². The molecule has 1 rings (SSSR count). The number of benzene rings is 1. The Labute approximate surface area is 113 Å². The second-order valence-corrected chi connectivity index (χ2v) is 4.53. The molecule has 0 aliphatic rings. The molecule has 0 saturated carbocycles. The van der Waals surface area contributed by atoms with Crippen LogP contribution < -0.4 is 16.4 Å². The summed E-state index contributed by atoms with van der Waals surface area (Å²) < 4.78 is 0. The number of hydrogen-bond acceptors (Lipinski definition) is 3. The average molecular weight is 263 g/mol. The van der Waals surface area contributed by atoms with E-state index >= 15 is 0 Å². The first-order valence-electron chi connectivity index (χ1n) is 6.38. The van der Waals surface area contributed by atoms with E-state index in [-0.39, 0.29) is 17.7 Å². The van der Waals surface area contributed by atoms with Gasteiger partial charge in [0.25, 0.3) is 5.91 Å². The van der Waals surface area contributed by atoms with Crippen molar-refractivity contribution in [2.75, 3.05) is 12.4 Å². The van der Waals surface area contributed by atoms with Gasteiger partial charge in [0.15, 0.2) is 0 Å². The van der Waals surface area contributed by atoms with Crippen LogP contribution in [0.5, 0.6) is 0 Å². The number of carbonyl (C=O) groups excluding carboxylic acids is 2. The minimum absolute atomic E-state index is 0.0900. The Hall–Kier alpha value is -1.88. The Morgan fingerprint density at radius 2 is 1.95 bits per heavy atom. The average Bonchev–Trinajstić information content (AvgIpc) is 2.45. The van der Waals surface area contributed by atoms with Crippen LogP contribution in [0.3, 0.4) is 0 Å². The summed E-state index contributed by atoms with van der Waals surface area (Å²) in [6.07, 6.45) is 0.825. The monoisotopic (exact) mass is 263 g/mol. The van der Waals surface area contributed by atoms with Crippen LogP contribution in [0.1, 0.15) is 30.6 Å². The van der Waals surface area contributed by atoms with Crippen LogP contribution in [0.15, 0.2) is 24.3 Å². The molecule has 0 radical (unpaired) electrons. The SMILES string of the molecule is CC[C@H](C)[C@H](N)C(=O)Nc1ccccc1C(=O)NC. The molecular weight excluding hydrogens is 242 g/mol. The van der Waals surface area contributed by atoms with Crippen LogP contribution in [0.2, 0.25) is 0 Å². The molecule has 5 heteroatoms. The second-order valence-electron chi connectivity index (χ2n) is 4.53. The topological polar surface area (TPSA) is 84.2 Å². The lowest BCUT2D eigenvalue weighted by atomic mass is 9.99. The zero-order valence-electron chi connectivity index (χ0n) is 11.6. The summed E-state index contributed by atoms with van der Waals surface area (Å²) in [5.41, 5.74) is 6.77. The molecule has 1 aromatic carbocycles. The van der Waals surface area contributed by atoms with Gasteiger partial charge in [-0.15, -0.1) is 0 Å². The molecule has 0 saturated heterocycles. The van der Waals surface area contributed by atoms with E-state index in [1.165, 1.54) is 0 Å². The fourth-order valence-electron chi connectivity index (χ4n) is 1.65. The summed E-state index contributed by atoms with van der Waals surface area (Å²) >= 11 is 0. The molecule has 0 bridgehead atoms. The predicted octanol–water partition coefficient (Wildman–Crippen LogP) is 1.36. The Bertz CT molecular complexity index is 460. The first kappa shape index (κ1) is 15.2. The quantitative estimate of drug-likeness (QED) is 0.750. The largest absolute Gasteiger partial charge is 0.355 e. The van der Waals surface area contributed by atoms with Gasteiger partial charge in [0.1, 0.15) is 0 Å². The highest BCUT2D eigenvalue weighted by Gasteiger charge is 2.21. The van der Waals surface area contributed by atoms with Gasteiger partial charge in [-0.25, -0.2) is 0 Å². The van der Waals surface area contributed by atoms with Crippen LogP contribution >= 0.6 is 0 Å². The number of nitrogens with one attached hydrogen (secondary N) is 2. The van der Waals surface area contributed by atoms with Crippen molar-refractivity contribution in [3.05, 3.63) is 29.8 Å². The van der Waals surface area contributed by atoms with E-state index in [1.54, 1.807) is 31.3 Å². The highest BCUT2D eigenvalue weighted by Crippen LogP contribution is 2.16. The number of hydrogen-bond donors (Lipinski definition) is 3. The molecule has 0 aliphatic carbocycles. The van der Waals surface area contributed by atoms with E-state index in [1.807, 2.05) is 13.8 Å². The van der Waals surface area contributed by atoms with Gasteiger partial charge in [0.05, 0.1) is 17.3 Å². The maximum atomic E-state index is 12.0. The summed E-state index contributed by atoms with van der Waals surface area (Å²) in [4.78, 5) is 23.7. The van der Waals surface area contributed by atoms with Crippen LogP contribution in [-0.2, 0) is 4.79 Å². The molecule has 1 aromatic rings. The third-order valence-corrected chi connectivity index (χ3v) is 3.22. The van der Waals surface area contributed by atoms with E-state index in [0.717, 1.165) is 6.42 Å². The molecule has 0 heterocycles. The Balaban J connectivity index is 2.88. The van der Waals surface area contributed by atoms with Crippen molar-refractivity contribution < 1.29 is 9.59 Å². The number of anilines is 1. The summed E-state index contributed by atoms with van der Waals surface area (Å²) in [5, 5.41) is 5.25. The van der Waals surface area contributed by atoms with Gasteiger partial charge in [0, 0.05) is 7.05 Å². The number of para-hydroxylation sites is 1. The maximum Gasteiger partial charge on any atom is 0.253 e. The van der Waals surface area contributed by atoms with Gasteiger partial charge in [-0.1, -0.05) is 32.4 Å². The minimum atomic E-state index is -0.581. The summed E-state index contributed by atoms with van der Waals surface area (Å²) in [6, 6.07) is 6.27. The van der Waals surface area contributed by atoms with Crippen molar-refractivity contribution in [2.24, 2.45) is 11.7 Å². The fraction of sp³-hybridized carbons (Fsp3) is 0.429. The van der Waals surface area contributed by atoms with Crippen molar-refractivity contribution in [2.45, 2.75) is 26.3 Å². The normalized spacial score (nSPS) is 13.5. The lowest BCUT2D eigenvalue weighted by Crippen LogP contribution is -2.41. The van der Waals surface area contributed by atoms with Gasteiger partial charge in [-0.3, -0.25) is 9.59 Å². The van der Waals surface area contributed by atoms with Crippen molar-refractivity contribution in [1.29, 1.82) is 0 Å². The Morgan fingerprint density at radius 3 is 2.53 bits per heavy atom. The van der Waals surface area contributed by atoms with Crippen LogP contribution in [-0.4, -0.2) is 24.9 Å². The van der Waals surface area contributed by atoms with E-state index in [0.29, 0.717) is 11.3 Å². The lowest BCUT2D eigenvalue weighted by Gasteiger charge is -2.18. The molecule has 4 N–H and O–H groups in total. The molecule has 0 aliphatic heterocycles. The molecule has 2 atom stereocenters. The number of rotatable bonds is 5. The van der Waals surface area contributed by atoms with Crippen LogP contribution in [0.4, 0.5) is 5.69 Å². The summed E-state index contributed by atoms with van der Waals surface area (Å²) in [6.45, 7) is 3.91. The first-order valence-corrected chi connectivity index (χ1v) is 6.38. The molecule has 5 nitrogen and oxygen atoms in total. The van der Waals surface area contributed by atoms with Gasteiger partial charge in [-0.05, 0) is 18.1 Å². The smallest absolute Gasteiger partial charge is 0.253 e. The highest BCUT2D eigenvalue weighted by molar-refractivity contribution is 6.04.